The van der Waals surface area contributed by atoms with Gasteiger partial charge < -0.3 is 29.6 Å². The molecule has 1 saturated heterocycles. The molecule has 4 rings (SSSR count). The van der Waals surface area contributed by atoms with Crippen molar-refractivity contribution in [2.24, 2.45) is 5.41 Å². The van der Waals surface area contributed by atoms with Crippen molar-refractivity contribution >= 4 is 35.0 Å². The van der Waals surface area contributed by atoms with Gasteiger partial charge >= 0.3 is 6.03 Å². The van der Waals surface area contributed by atoms with Crippen LogP contribution in [0.2, 0.25) is 0 Å². The number of nitrogens with zero attached hydrogens (tertiary/aromatic N) is 2. The second-order valence-corrected chi connectivity index (χ2v) is 10.4. The lowest BCUT2D eigenvalue weighted by Crippen LogP contribution is -2.38. The second kappa shape index (κ2) is 14.2. The topological polar surface area (TPSA) is 94.2 Å². The fourth-order valence-electron chi connectivity index (χ4n) is 4.06. The molecular weight excluding hydrogens is 520 g/mol. The molecule has 2 heterocycles. The Morgan fingerprint density at radius 3 is 2.49 bits per heavy atom. The number of pyridine rings is 1. The van der Waals surface area contributed by atoms with Crippen LogP contribution in [0.4, 0.5) is 10.5 Å². The molecule has 39 heavy (non-hydrogen) atoms. The summed E-state index contributed by atoms with van der Waals surface area (Å²) < 4.78 is 23.2. The van der Waals surface area contributed by atoms with Gasteiger partial charge in [0, 0.05) is 49.5 Å². The van der Waals surface area contributed by atoms with Crippen molar-refractivity contribution in [2.75, 3.05) is 58.4 Å². The molecule has 0 aliphatic carbocycles. The highest BCUT2D eigenvalue weighted by Gasteiger charge is 2.15. The zero-order valence-corrected chi connectivity index (χ0v) is 23.9. The number of halogens is 1. The Balaban J connectivity index is 0.00000420. The van der Waals surface area contributed by atoms with Crippen molar-refractivity contribution in [3.63, 3.8) is 0 Å². The van der Waals surface area contributed by atoms with Crippen LogP contribution in [0.25, 0.3) is 10.9 Å². The third-order valence-corrected chi connectivity index (χ3v) is 6.26. The number of benzene rings is 2. The minimum absolute atomic E-state index is 0. The standard InChI is InChI=1S/C29H38N4O5.ClH/c1-29(2,3)10-12-31-28(34)32-21-5-7-22(8-6-21)38-25-9-11-30-24-20-27(26(35-4)19-23(24)25)37-18-15-33-13-16-36-17-14-33;/h5-9,11,19-20H,10,12-18H2,1-4H3,(H2,31,32,34);1H. The summed E-state index contributed by atoms with van der Waals surface area (Å²) in [6, 6.07) is 12.6. The Bertz CT molecular complexity index is 1210. The van der Waals surface area contributed by atoms with Crippen molar-refractivity contribution in [3.05, 3.63) is 48.7 Å². The Labute approximate surface area is 236 Å². The maximum absolute atomic E-state index is 12.2. The minimum Gasteiger partial charge on any atom is -0.493 e. The number of anilines is 1. The van der Waals surface area contributed by atoms with Crippen LogP contribution in [0.3, 0.4) is 0 Å². The Hall–Kier alpha value is -3.27. The largest absolute Gasteiger partial charge is 0.493 e. The Morgan fingerprint density at radius 2 is 1.79 bits per heavy atom. The van der Waals surface area contributed by atoms with Crippen LogP contribution in [0.15, 0.2) is 48.7 Å². The van der Waals surface area contributed by atoms with Gasteiger partial charge in [-0.15, -0.1) is 12.4 Å². The fraction of sp³-hybridized carbons (Fsp3) is 0.448. The predicted molar refractivity (Wildman–Crippen MR) is 156 cm³/mol. The number of hydrogen-bond donors (Lipinski definition) is 2. The van der Waals surface area contributed by atoms with Crippen LogP contribution in [0.5, 0.6) is 23.0 Å². The first-order chi connectivity index (χ1) is 18.3. The van der Waals surface area contributed by atoms with Crippen LogP contribution in [-0.2, 0) is 4.74 Å². The zero-order valence-electron chi connectivity index (χ0n) is 23.1. The van der Waals surface area contributed by atoms with Crippen LogP contribution in [0, 0.1) is 5.41 Å². The number of aromatic nitrogens is 1. The third kappa shape index (κ3) is 9.16. The quantitative estimate of drug-likeness (QED) is 0.328. The van der Waals surface area contributed by atoms with Crippen molar-refractivity contribution in [2.45, 2.75) is 27.2 Å². The molecule has 1 aliphatic heterocycles. The van der Waals surface area contributed by atoms with Gasteiger partial charge in [0.2, 0.25) is 0 Å². The number of methoxy groups -OCH3 is 1. The molecule has 0 saturated carbocycles. The normalized spacial score (nSPS) is 13.8. The SMILES string of the molecule is COc1cc2c(Oc3ccc(NC(=O)NCCC(C)(C)C)cc3)ccnc2cc1OCCN1CCOCC1.Cl. The smallest absolute Gasteiger partial charge is 0.319 e. The maximum Gasteiger partial charge on any atom is 0.319 e. The highest BCUT2D eigenvalue weighted by Crippen LogP contribution is 2.37. The van der Waals surface area contributed by atoms with Gasteiger partial charge in [0.25, 0.3) is 0 Å². The van der Waals surface area contributed by atoms with Crippen LogP contribution < -0.4 is 24.8 Å². The molecule has 0 unspecified atom stereocenters. The van der Waals surface area contributed by atoms with Gasteiger partial charge in [0.05, 0.1) is 25.8 Å². The Kier molecular flexibility index (Phi) is 11.0. The predicted octanol–water partition coefficient (Wildman–Crippen LogP) is 5.73. The van der Waals surface area contributed by atoms with E-state index in [4.69, 9.17) is 18.9 Å². The van der Waals surface area contributed by atoms with E-state index in [1.54, 1.807) is 13.3 Å². The number of ether oxygens (including phenoxy) is 4. The summed E-state index contributed by atoms with van der Waals surface area (Å²) in [5, 5.41) is 6.55. The zero-order chi connectivity index (χ0) is 27.0. The lowest BCUT2D eigenvalue weighted by atomic mass is 9.92. The monoisotopic (exact) mass is 558 g/mol. The number of amides is 2. The molecule has 2 aromatic carbocycles. The van der Waals surface area contributed by atoms with E-state index in [2.05, 4.69) is 41.3 Å². The molecule has 1 fully saturated rings. The highest BCUT2D eigenvalue weighted by atomic mass is 35.5. The first kappa shape index (κ1) is 30.3. The van der Waals surface area contributed by atoms with E-state index in [1.165, 1.54) is 0 Å². The summed E-state index contributed by atoms with van der Waals surface area (Å²) in [4.78, 5) is 19.0. The van der Waals surface area contributed by atoms with Gasteiger partial charge in [-0.25, -0.2) is 4.79 Å². The summed E-state index contributed by atoms with van der Waals surface area (Å²) in [5.74, 6) is 2.55. The number of carbonyl (C=O) groups excluding carboxylic acids is 1. The number of morpholine rings is 1. The molecule has 3 aromatic rings. The lowest BCUT2D eigenvalue weighted by Gasteiger charge is -2.26. The number of hydrogen-bond acceptors (Lipinski definition) is 7. The van der Waals surface area contributed by atoms with Crippen molar-refractivity contribution in [1.29, 1.82) is 0 Å². The van der Waals surface area contributed by atoms with Gasteiger partial charge in [0.15, 0.2) is 11.5 Å². The van der Waals surface area contributed by atoms with Gasteiger partial charge in [-0.1, -0.05) is 20.8 Å². The summed E-state index contributed by atoms with van der Waals surface area (Å²) in [5.41, 5.74) is 1.60. The van der Waals surface area contributed by atoms with E-state index in [0.29, 0.717) is 41.8 Å². The maximum atomic E-state index is 12.2. The molecule has 0 bridgehead atoms. The lowest BCUT2D eigenvalue weighted by molar-refractivity contribution is 0.0321. The van der Waals surface area contributed by atoms with Crippen LogP contribution in [0.1, 0.15) is 27.2 Å². The Morgan fingerprint density at radius 1 is 1.05 bits per heavy atom. The van der Waals surface area contributed by atoms with E-state index in [9.17, 15) is 4.79 Å². The molecule has 0 spiro atoms. The van der Waals surface area contributed by atoms with Crippen molar-refractivity contribution in [1.82, 2.24) is 15.2 Å². The average molecular weight is 559 g/mol. The van der Waals surface area contributed by atoms with E-state index in [1.807, 2.05) is 42.5 Å². The van der Waals surface area contributed by atoms with E-state index in [-0.39, 0.29) is 23.9 Å². The number of urea groups is 1. The summed E-state index contributed by atoms with van der Waals surface area (Å²) in [6.45, 7) is 11.8. The van der Waals surface area contributed by atoms with Crippen LogP contribution in [-0.4, -0.2) is 69.0 Å². The van der Waals surface area contributed by atoms with E-state index in [0.717, 1.165) is 50.2 Å². The molecular formula is C29H39ClN4O5. The molecule has 0 radical (unpaired) electrons. The molecule has 1 aromatic heterocycles. The van der Waals surface area contributed by atoms with Gasteiger partial charge in [-0.3, -0.25) is 9.88 Å². The summed E-state index contributed by atoms with van der Waals surface area (Å²) >= 11 is 0. The van der Waals surface area contributed by atoms with Crippen molar-refractivity contribution < 1.29 is 23.7 Å². The first-order valence-electron chi connectivity index (χ1n) is 13.0. The minimum atomic E-state index is -0.224. The number of nitrogens with one attached hydrogen (secondary N) is 2. The fourth-order valence-corrected chi connectivity index (χ4v) is 4.06. The molecule has 2 N–H and O–H groups in total. The molecule has 1 aliphatic rings. The number of carbonyl (C=O) groups is 1. The molecule has 2 amide bonds. The molecule has 10 heteroatoms. The van der Waals surface area contributed by atoms with Gasteiger partial charge in [0.1, 0.15) is 18.1 Å². The summed E-state index contributed by atoms with van der Waals surface area (Å²) in [7, 11) is 1.62. The van der Waals surface area contributed by atoms with Gasteiger partial charge in [-0.2, -0.15) is 0 Å². The molecule has 0 atom stereocenters. The number of fused-ring (bicyclic) bond motifs is 1. The second-order valence-electron chi connectivity index (χ2n) is 10.4. The van der Waals surface area contributed by atoms with E-state index >= 15 is 0 Å². The average Bonchev–Trinajstić information content (AvgIpc) is 2.89. The third-order valence-electron chi connectivity index (χ3n) is 6.26. The van der Waals surface area contributed by atoms with Crippen molar-refractivity contribution in [3.8, 4) is 23.0 Å². The van der Waals surface area contributed by atoms with Gasteiger partial charge in [-0.05, 0) is 48.2 Å². The highest BCUT2D eigenvalue weighted by molar-refractivity contribution is 5.90. The number of rotatable bonds is 10. The molecule has 212 valence electrons. The van der Waals surface area contributed by atoms with Crippen LogP contribution >= 0.6 is 12.4 Å². The van der Waals surface area contributed by atoms with E-state index < -0.39 is 0 Å². The molecule has 9 nitrogen and oxygen atoms in total. The summed E-state index contributed by atoms with van der Waals surface area (Å²) in [6.07, 6.45) is 2.61. The first-order valence-corrected chi connectivity index (χ1v) is 13.0.